The largest absolute Gasteiger partial charge is 0.312 e. The quantitative estimate of drug-likeness (QED) is 0.730. The van der Waals surface area contributed by atoms with Crippen LogP contribution in [0.15, 0.2) is 0 Å². The molecule has 3 nitrogen and oxygen atoms in total. The van der Waals surface area contributed by atoms with Gasteiger partial charge < -0.3 is 5.32 Å². The van der Waals surface area contributed by atoms with Crippen LogP contribution in [0.4, 0.5) is 0 Å². The Morgan fingerprint density at radius 2 is 2.00 bits per heavy atom. The lowest BCUT2D eigenvalue weighted by molar-refractivity contribution is 0.444. The third kappa shape index (κ3) is 3.24. The van der Waals surface area contributed by atoms with E-state index >= 15 is 0 Å². The summed E-state index contributed by atoms with van der Waals surface area (Å²) in [5.74, 6) is 0.589. The van der Waals surface area contributed by atoms with Crippen molar-refractivity contribution >= 4 is 9.84 Å². The molecule has 2 atom stereocenters. The topological polar surface area (TPSA) is 46.2 Å². The van der Waals surface area contributed by atoms with Crippen LogP contribution in [-0.2, 0) is 9.84 Å². The number of hydrogen-bond acceptors (Lipinski definition) is 3. The van der Waals surface area contributed by atoms with Crippen molar-refractivity contribution < 1.29 is 8.42 Å². The number of sulfone groups is 1. The highest BCUT2D eigenvalue weighted by Crippen LogP contribution is 2.35. The molecule has 0 amide bonds. The van der Waals surface area contributed by atoms with E-state index in [1.54, 1.807) is 0 Å². The Morgan fingerprint density at radius 1 is 1.43 bits per heavy atom. The fourth-order valence-corrected chi connectivity index (χ4v) is 2.60. The average Bonchev–Trinajstić information content (AvgIpc) is 2.86. The highest BCUT2D eigenvalue weighted by atomic mass is 32.2. The summed E-state index contributed by atoms with van der Waals surface area (Å²) in [6.45, 7) is 4.84. The maximum Gasteiger partial charge on any atom is 0.151 e. The number of rotatable bonds is 6. The first-order chi connectivity index (χ1) is 6.46. The van der Waals surface area contributed by atoms with Crippen LogP contribution < -0.4 is 5.32 Å². The van der Waals surface area contributed by atoms with E-state index in [2.05, 4.69) is 12.2 Å². The minimum atomic E-state index is -2.90. The normalized spacial score (nSPS) is 21.9. The van der Waals surface area contributed by atoms with Crippen molar-refractivity contribution in [3.8, 4) is 0 Å². The second-order valence-corrected chi connectivity index (χ2v) is 6.75. The summed E-state index contributed by atoms with van der Waals surface area (Å²) < 4.78 is 22.9. The van der Waals surface area contributed by atoms with E-state index in [-0.39, 0.29) is 11.3 Å². The van der Waals surface area contributed by atoms with Crippen molar-refractivity contribution in [1.82, 2.24) is 5.32 Å². The van der Waals surface area contributed by atoms with E-state index in [1.165, 1.54) is 19.1 Å². The highest BCUT2D eigenvalue weighted by molar-refractivity contribution is 7.91. The summed E-state index contributed by atoms with van der Waals surface area (Å²) in [5, 5.41) is 3.11. The Hall–Kier alpha value is -0.0900. The molecular formula is C10H21NO2S. The molecule has 1 rings (SSSR count). The Morgan fingerprint density at radius 3 is 2.36 bits per heavy atom. The molecule has 1 aliphatic carbocycles. The van der Waals surface area contributed by atoms with Crippen molar-refractivity contribution in [2.45, 2.75) is 44.4 Å². The molecule has 0 bridgehead atoms. The van der Waals surface area contributed by atoms with Gasteiger partial charge in [-0.1, -0.05) is 6.92 Å². The van der Waals surface area contributed by atoms with E-state index < -0.39 is 9.84 Å². The first-order valence-corrected chi connectivity index (χ1v) is 7.34. The Kier molecular flexibility index (Phi) is 3.95. The molecule has 1 saturated carbocycles. The van der Waals surface area contributed by atoms with Crippen LogP contribution in [0.2, 0.25) is 0 Å². The molecule has 0 aromatic carbocycles. The SMILES string of the molecule is CCCNC(C1CC1)C(C)S(C)(=O)=O. The predicted molar refractivity (Wildman–Crippen MR) is 59.1 cm³/mol. The van der Waals surface area contributed by atoms with Crippen LogP contribution in [0, 0.1) is 5.92 Å². The molecule has 0 heterocycles. The molecule has 0 radical (unpaired) electrons. The lowest BCUT2D eigenvalue weighted by Crippen LogP contribution is -2.44. The van der Waals surface area contributed by atoms with Crippen LogP contribution >= 0.6 is 0 Å². The number of nitrogens with one attached hydrogen (secondary N) is 1. The average molecular weight is 219 g/mol. The summed E-state index contributed by atoms with van der Waals surface area (Å²) in [6, 6.07) is 0.171. The van der Waals surface area contributed by atoms with Crippen LogP contribution in [-0.4, -0.2) is 32.5 Å². The Bertz CT molecular complexity index is 270. The molecule has 0 spiro atoms. The minimum Gasteiger partial charge on any atom is -0.312 e. The van der Waals surface area contributed by atoms with E-state index in [9.17, 15) is 8.42 Å². The zero-order valence-electron chi connectivity index (χ0n) is 9.29. The monoisotopic (exact) mass is 219 g/mol. The van der Waals surface area contributed by atoms with Gasteiger partial charge in [-0.05, 0) is 38.6 Å². The fraction of sp³-hybridized carbons (Fsp3) is 1.00. The van der Waals surface area contributed by atoms with E-state index in [0.29, 0.717) is 5.92 Å². The van der Waals surface area contributed by atoms with Crippen LogP contribution in [0.3, 0.4) is 0 Å². The molecule has 1 fully saturated rings. The zero-order valence-corrected chi connectivity index (χ0v) is 10.1. The van der Waals surface area contributed by atoms with Crippen LogP contribution in [0.5, 0.6) is 0 Å². The van der Waals surface area contributed by atoms with E-state index in [1.807, 2.05) is 6.92 Å². The van der Waals surface area contributed by atoms with E-state index in [0.717, 1.165) is 13.0 Å². The summed E-state index contributed by atoms with van der Waals surface area (Å²) in [5.41, 5.74) is 0. The van der Waals surface area contributed by atoms with Gasteiger partial charge in [0, 0.05) is 12.3 Å². The van der Waals surface area contributed by atoms with Gasteiger partial charge in [0.05, 0.1) is 5.25 Å². The Balaban J connectivity index is 2.57. The van der Waals surface area contributed by atoms with Gasteiger partial charge in [0.1, 0.15) is 0 Å². The van der Waals surface area contributed by atoms with Crippen molar-refractivity contribution in [3.05, 3.63) is 0 Å². The fourth-order valence-electron chi connectivity index (χ4n) is 1.75. The molecule has 14 heavy (non-hydrogen) atoms. The van der Waals surface area contributed by atoms with Gasteiger partial charge in [0.15, 0.2) is 9.84 Å². The summed E-state index contributed by atoms with van der Waals surface area (Å²) in [6.07, 6.45) is 4.75. The van der Waals surface area contributed by atoms with Gasteiger partial charge in [-0.3, -0.25) is 0 Å². The zero-order chi connectivity index (χ0) is 10.8. The van der Waals surface area contributed by atoms with Crippen molar-refractivity contribution in [2.24, 2.45) is 5.92 Å². The molecule has 1 aliphatic rings. The molecule has 4 heteroatoms. The molecule has 0 aromatic rings. The maximum absolute atomic E-state index is 11.4. The van der Waals surface area contributed by atoms with Gasteiger partial charge in [0.2, 0.25) is 0 Å². The lowest BCUT2D eigenvalue weighted by atomic mass is 10.1. The minimum absolute atomic E-state index is 0.171. The standard InChI is InChI=1S/C10H21NO2S/c1-4-7-11-10(9-5-6-9)8(2)14(3,12)13/h8-11H,4-7H2,1-3H3. The van der Waals surface area contributed by atoms with Gasteiger partial charge in [0.25, 0.3) is 0 Å². The third-order valence-electron chi connectivity index (χ3n) is 2.94. The first-order valence-electron chi connectivity index (χ1n) is 5.39. The van der Waals surface area contributed by atoms with Gasteiger partial charge in [-0.2, -0.15) is 0 Å². The predicted octanol–water partition coefficient (Wildman–Crippen LogP) is 1.20. The molecule has 1 N–H and O–H groups in total. The second-order valence-electron chi connectivity index (χ2n) is 4.35. The summed E-state index contributed by atoms with van der Waals surface area (Å²) >= 11 is 0. The highest BCUT2D eigenvalue weighted by Gasteiger charge is 2.37. The van der Waals surface area contributed by atoms with Crippen molar-refractivity contribution in [3.63, 3.8) is 0 Å². The third-order valence-corrected chi connectivity index (χ3v) is 4.58. The van der Waals surface area contributed by atoms with Crippen molar-refractivity contribution in [1.29, 1.82) is 0 Å². The molecule has 2 unspecified atom stereocenters. The van der Waals surface area contributed by atoms with Crippen LogP contribution in [0.25, 0.3) is 0 Å². The summed E-state index contributed by atoms with van der Waals surface area (Å²) in [7, 11) is -2.90. The lowest BCUT2D eigenvalue weighted by Gasteiger charge is -2.23. The molecule has 0 aromatic heterocycles. The second kappa shape index (κ2) is 4.62. The van der Waals surface area contributed by atoms with Gasteiger partial charge in [-0.15, -0.1) is 0 Å². The first kappa shape index (κ1) is 12.0. The van der Waals surface area contributed by atoms with Crippen LogP contribution in [0.1, 0.15) is 33.1 Å². The molecule has 0 saturated heterocycles. The smallest absolute Gasteiger partial charge is 0.151 e. The van der Waals surface area contributed by atoms with E-state index in [4.69, 9.17) is 0 Å². The number of hydrogen-bond donors (Lipinski definition) is 1. The maximum atomic E-state index is 11.4. The molecule has 0 aliphatic heterocycles. The van der Waals surface area contributed by atoms with Crippen molar-refractivity contribution in [2.75, 3.05) is 12.8 Å². The van der Waals surface area contributed by atoms with Gasteiger partial charge >= 0.3 is 0 Å². The molecular weight excluding hydrogens is 198 g/mol. The van der Waals surface area contributed by atoms with Gasteiger partial charge in [-0.25, -0.2) is 8.42 Å². The Labute approximate surface area is 87.2 Å². The molecule has 84 valence electrons. The summed E-state index contributed by atoms with van der Waals surface area (Å²) in [4.78, 5) is 0.